The van der Waals surface area contributed by atoms with E-state index in [0.29, 0.717) is 0 Å². The average Bonchev–Trinajstić information content (AvgIpc) is 3.15. The van der Waals surface area contributed by atoms with Crippen LogP contribution in [0.1, 0.15) is 5.56 Å². The quantitative estimate of drug-likeness (QED) is 0.515. The van der Waals surface area contributed by atoms with Crippen molar-refractivity contribution in [2.45, 2.75) is 0 Å². The Morgan fingerprint density at radius 1 is 1.15 bits per heavy atom. The van der Waals surface area contributed by atoms with E-state index in [4.69, 9.17) is 14.6 Å². The van der Waals surface area contributed by atoms with Crippen LogP contribution in [0, 0.1) is 0 Å². The molecule has 2 aromatic carbocycles. The van der Waals surface area contributed by atoms with Crippen LogP contribution >= 0.6 is 0 Å². The summed E-state index contributed by atoms with van der Waals surface area (Å²) in [5, 5.41) is 13.4. The normalized spacial score (nSPS) is 10.9. The molecule has 0 fully saturated rings. The number of hydrogen-bond acceptors (Lipinski definition) is 5. The molecule has 3 rings (SSSR count). The summed E-state index contributed by atoms with van der Waals surface area (Å²) < 4.78 is 11.8. The number of nitrogens with zero attached hydrogens (tertiary/aromatic N) is 2. The highest BCUT2D eigenvalue weighted by molar-refractivity contribution is 5.88. The van der Waals surface area contributed by atoms with E-state index in [1.807, 2.05) is 60.8 Å². The summed E-state index contributed by atoms with van der Waals surface area (Å²) in [5.74, 6) is 0.239. The van der Waals surface area contributed by atoms with Gasteiger partial charge in [0.05, 0.1) is 25.1 Å². The zero-order valence-electron chi connectivity index (χ0n) is 14.9. The maximum absolute atomic E-state index is 11.7. The molecule has 1 N–H and O–H groups in total. The summed E-state index contributed by atoms with van der Waals surface area (Å²) in [5.41, 5.74) is 3.31. The Bertz CT molecular complexity index is 915. The maximum atomic E-state index is 11.7. The molecule has 6 heteroatoms. The first kappa shape index (κ1) is 18.4. The van der Waals surface area contributed by atoms with Crippen molar-refractivity contribution in [1.82, 2.24) is 9.78 Å². The Hall–Kier alpha value is -3.38. The fourth-order valence-electron chi connectivity index (χ4n) is 2.55. The van der Waals surface area contributed by atoms with Crippen LogP contribution in [0.5, 0.6) is 5.75 Å². The molecule has 27 heavy (non-hydrogen) atoms. The van der Waals surface area contributed by atoms with Crippen LogP contribution in [0.4, 0.5) is 0 Å². The molecular weight excluding hydrogens is 344 g/mol. The van der Waals surface area contributed by atoms with Crippen LogP contribution in [-0.2, 0) is 9.53 Å². The van der Waals surface area contributed by atoms with Crippen LogP contribution < -0.4 is 4.74 Å². The molecule has 0 bridgehead atoms. The van der Waals surface area contributed by atoms with E-state index >= 15 is 0 Å². The summed E-state index contributed by atoms with van der Waals surface area (Å²) in [4.78, 5) is 11.7. The highest BCUT2D eigenvalue weighted by atomic mass is 16.5. The first-order valence-electron chi connectivity index (χ1n) is 8.46. The Kier molecular flexibility index (Phi) is 6.02. The number of benzene rings is 2. The maximum Gasteiger partial charge on any atom is 0.330 e. The Morgan fingerprint density at radius 3 is 2.56 bits per heavy atom. The van der Waals surface area contributed by atoms with Gasteiger partial charge in [0.1, 0.15) is 12.4 Å². The van der Waals surface area contributed by atoms with Crippen molar-refractivity contribution in [2.24, 2.45) is 0 Å². The molecule has 0 spiro atoms. The molecule has 0 aliphatic carbocycles. The van der Waals surface area contributed by atoms with Crippen molar-refractivity contribution < 1.29 is 19.4 Å². The van der Waals surface area contributed by atoms with Crippen LogP contribution in [-0.4, -0.2) is 41.2 Å². The zero-order chi connectivity index (χ0) is 19.1. The summed E-state index contributed by atoms with van der Waals surface area (Å²) in [6.07, 6.45) is 4.84. The number of aliphatic hydroxyl groups excluding tert-OH is 1. The summed E-state index contributed by atoms with van der Waals surface area (Å²) in [6, 6.07) is 17.3. The van der Waals surface area contributed by atoms with Gasteiger partial charge in [-0.1, -0.05) is 18.2 Å². The lowest BCUT2D eigenvalue weighted by Crippen LogP contribution is -2.04. The van der Waals surface area contributed by atoms with Crippen LogP contribution in [0.2, 0.25) is 0 Å². The number of hydrogen-bond donors (Lipinski definition) is 1. The largest absolute Gasteiger partial charge is 0.497 e. The van der Waals surface area contributed by atoms with Gasteiger partial charge in [0.2, 0.25) is 0 Å². The third-order valence-corrected chi connectivity index (χ3v) is 3.86. The molecule has 0 saturated heterocycles. The number of para-hydroxylation sites is 1. The van der Waals surface area contributed by atoms with E-state index < -0.39 is 5.97 Å². The molecule has 0 unspecified atom stereocenters. The number of rotatable bonds is 7. The number of methoxy groups -OCH3 is 1. The van der Waals surface area contributed by atoms with Gasteiger partial charge < -0.3 is 14.6 Å². The lowest BCUT2D eigenvalue weighted by atomic mass is 10.1. The van der Waals surface area contributed by atoms with Crippen LogP contribution in [0.25, 0.3) is 23.0 Å². The van der Waals surface area contributed by atoms with E-state index in [2.05, 4.69) is 5.10 Å². The predicted octanol–water partition coefficient (Wildman–Crippen LogP) is 3.10. The topological polar surface area (TPSA) is 73.6 Å². The van der Waals surface area contributed by atoms with Crippen LogP contribution in [0.3, 0.4) is 0 Å². The molecule has 0 saturated carbocycles. The van der Waals surface area contributed by atoms with Gasteiger partial charge in [0, 0.05) is 23.4 Å². The second-order valence-corrected chi connectivity index (χ2v) is 5.67. The number of aromatic nitrogens is 2. The lowest BCUT2D eigenvalue weighted by molar-refractivity contribution is -0.138. The van der Waals surface area contributed by atoms with Gasteiger partial charge in [-0.15, -0.1) is 0 Å². The highest BCUT2D eigenvalue weighted by Crippen LogP contribution is 2.26. The second-order valence-electron chi connectivity index (χ2n) is 5.67. The molecule has 0 radical (unpaired) electrons. The Balaban J connectivity index is 1.97. The predicted molar refractivity (Wildman–Crippen MR) is 103 cm³/mol. The van der Waals surface area contributed by atoms with E-state index in [-0.39, 0.29) is 13.2 Å². The van der Waals surface area contributed by atoms with Crippen molar-refractivity contribution in [3.63, 3.8) is 0 Å². The minimum Gasteiger partial charge on any atom is -0.497 e. The number of ether oxygens (including phenoxy) is 2. The van der Waals surface area contributed by atoms with Crippen molar-refractivity contribution in [2.75, 3.05) is 20.3 Å². The molecule has 0 aliphatic heterocycles. The van der Waals surface area contributed by atoms with E-state index in [0.717, 1.165) is 28.3 Å². The first-order valence-corrected chi connectivity index (χ1v) is 8.46. The van der Waals surface area contributed by atoms with Crippen molar-refractivity contribution in [3.05, 3.63) is 72.4 Å². The third kappa shape index (κ3) is 4.62. The number of aliphatic hydroxyl groups is 1. The van der Waals surface area contributed by atoms with E-state index in [1.54, 1.807) is 17.9 Å². The van der Waals surface area contributed by atoms with Crippen molar-refractivity contribution in [1.29, 1.82) is 0 Å². The average molecular weight is 364 g/mol. The lowest BCUT2D eigenvalue weighted by Gasteiger charge is -2.02. The monoisotopic (exact) mass is 364 g/mol. The molecule has 1 heterocycles. The molecule has 1 aromatic heterocycles. The highest BCUT2D eigenvalue weighted by Gasteiger charge is 2.11. The SMILES string of the molecule is COc1ccc(-c2nn(-c3ccccc3)cc2/C=C/C(=O)OCCO)cc1. The molecule has 0 amide bonds. The molecule has 6 nitrogen and oxygen atoms in total. The molecule has 138 valence electrons. The first-order chi connectivity index (χ1) is 13.2. The van der Waals surface area contributed by atoms with Crippen molar-refractivity contribution in [3.8, 4) is 22.7 Å². The van der Waals surface area contributed by atoms with E-state index in [9.17, 15) is 4.79 Å². The van der Waals surface area contributed by atoms with Gasteiger partial charge in [-0.2, -0.15) is 5.10 Å². The Labute approximate surface area is 157 Å². The minimum absolute atomic E-state index is 0.0300. The number of carbonyl (C=O) groups is 1. The molecular formula is C21H20N2O4. The number of esters is 1. The zero-order valence-corrected chi connectivity index (χ0v) is 14.9. The van der Waals surface area contributed by atoms with Gasteiger partial charge in [-0.3, -0.25) is 0 Å². The minimum atomic E-state index is -0.516. The third-order valence-electron chi connectivity index (χ3n) is 3.86. The van der Waals surface area contributed by atoms with Gasteiger partial charge in [-0.05, 0) is 42.5 Å². The summed E-state index contributed by atoms with van der Waals surface area (Å²) >= 11 is 0. The fourth-order valence-corrected chi connectivity index (χ4v) is 2.55. The van der Waals surface area contributed by atoms with E-state index in [1.165, 1.54) is 6.08 Å². The van der Waals surface area contributed by atoms with Gasteiger partial charge in [0.15, 0.2) is 0 Å². The number of carbonyl (C=O) groups excluding carboxylic acids is 1. The summed E-state index contributed by atoms with van der Waals surface area (Å²) in [7, 11) is 1.62. The summed E-state index contributed by atoms with van der Waals surface area (Å²) in [6.45, 7) is -0.236. The molecule has 0 aliphatic rings. The standard InChI is InChI=1S/C21H20N2O4/c1-26-19-10-7-16(8-11-19)21-17(9-12-20(25)27-14-13-24)15-23(22-21)18-5-3-2-4-6-18/h2-12,15,24H,13-14H2,1H3/b12-9+. The fraction of sp³-hybridized carbons (Fsp3) is 0.143. The molecule has 0 atom stereocenters. The Morgan fingerprint density at radius 2 is 1.89 bits per heavy atom. The second kappa shape index (κ2) is 8.82. The van der Waals surface area contributed by atoms with Gasteiger partial charge in [-0.25, -0.2) is 9.48 Å². The van der Waals surface area contributed by atoms with Gasteiger partial charge >= 0.3 is 5.97 Å². The van der Waals surface area contributed by atoms with Crippen molar-refractivity contribution >= 4 is 12.0 Å². The van der Waals surface area contributed by atoms with Crippen LogP contribution in [0.15, 0.2) is 66.9 Å². The van der Waals surface area contributed by atoms with Gasteiger partial charge in [0.25, 0.3) is 0 Å². The molecule has 3 aromatic rings. The smallest absolute Gasteiger partial charge is 0.330 e.